The van der Waals surface area contributed by atoms with Crippen LogP contribution >= 0.6 is 0 Å². The molecule has 1 unspecified atom stereocenters. The quantitative estimate of drug-likeness (QED) is 0.520. The molecule has 0 rings (SSSR count). The van der Waals surface area contributed by atoms with Crippen LogP contribution in [0.3, 0.4) is 0 Å². The number of rotatable bonds is 7. The van der Waals surface area contributed by atoms with Crippen LogP contribution in [0.1, 0.15) is 19.8 Å². The van der Waals surface area contributed by atoms with Crippen molar-refractivity contribution in [3.05, 3.63) is 0 Å². The van der Waals surface area contributed by atoms with E-state index in [0.29, 0.717) is 6.54 Å². The second-order valence-corrected chi connectivity index (χ2v) is 3.69. The highest BCUT2D eigenvalue weighted by atomic mass is 16.4. The van der Waals surface area contributed by atoms with Crippen molar-refractivity contribution < 1.29 is 19.5 Å². The molecule has 0 saturated heterocycles. The third kappa shape index (κ3) is 6.52. The summed E-state index contributed by atoms with van der Waals surface area (Å²) in [4.78, 5) is 34.3. The van der Waals surface area contributed by atoms with E-state index in [0.717, 1.165) is 0 Å². The Kier molecular flexibility index (Phi) is 6.88. The maximum absolute atomic E-state index is 11.6. The molecule has 98 valence electrons. The maximum Gasteiger partial charge on any atom is 0.303 e. The number of nitrogens with two attached hydrogens (primary N) is 1. The van der Waals surface area contributed by atoms with Crippen LogP contribution in [0.2, 0.25) is 0 Å². The summed E-state index contributed by atoms with van der Waals surface area (Å²) in [5.74, 6) is -1.70. The number of nitrogens with one attached hydrogen (secondary N) is 1. The number of likely N-dealkylation sites (N-methyl/N-ethyl adjacent to an activating group) is 2. The first-order valence-electron chi connectivity index (χ1n) is 5.37. The van der Waals surface area contributed by atoms with E-state index in [1.807, 2.05) is 0 Å². The van der Waals surface area contributed by atoms with Crippen LogP contribution in [0, 0.1) is 0 Å². The molecular weight excluding hydrogens is 226 g/mol. The second kappa shape index (κ2) is 7.61. The van der Waals surface area contributed by atoms with Gasteiger partial charge in [-0.25, -0.2) is 0 Å². The van der Waals surface area contributed by atoms with Gasteiger partial charge in [0, 0.05) is 20.0 Å². The van der Waals surface area contributed by atoms with Crippen LogP contribution in [0.4, 0.5) is 0 Å². The van der Waals surface area contributed by atoms with Crippen molar-refractivity contribution in [1.29, 1.82) is 0 Å². The van der Waals surface area contributed by atoms with Gasteiger partial charge in [-0.2, -0.15) is 0 Å². The largest absolute Gasteiger partial charge is 0.481 e. The first-order valence-corrected chi connectivity index (χ1v) is 5.37. The van der Waals surface area contributed by atoms with E-state index in [9.17, 15) is 14.4 Å². The molecule has 0 aliphatic rings. The van der Waals surface area contributed by atoms with Crippen molar-refractivity contribution in [1.82, 2.24) is 10.2 Å². The molecule has 7 nitrogen and oxygen atoms in total. The lowest BCUT2D eigenvalue weighted by atomic mass is 10.1. The number of nitrogens with zero attached hydrogens (tertiary/aromatic N) is 1. The van der Waals surface area contributed by atoms with E-state index in [2.05, 4.69) is 5.32 Å². The molecule has 0 radical (unpaired) electrons. The second-order valence-electron chi connectivity index (χ2n) is 3.69. The van der Waals surface area contributed by atoms with E-state index < -0.39 is 17.9 Å². The Morgan fingerprint density at radius 1 is 1.41 bits per heavy atom. The van der Waals surface area contributed by atoms with Gasteiger partial charge in [-0.15, -0.1) is 0 Å². The molecule has 17 heavy (non-hydrogen) atoms. The summed E-state index contributed by atoms with van der Waals surface area (Å²) in [7, 11) is 1.46. The molecule has 0 aromatic heterocycles. The van der Waals surface area contributed by atoms with Crippen LogP contribution in [0.5, 0.6) is 0 Å². The van der Waals surface area contributed by atoms with E-state index in [4.69, 9.17) is 10.8 Å². The first-order chi connectivity index (χ1) is 7.88. The monoisotopic (exact) mass is 245 g/mol. The van der Waals surface area contributed by atoms with Gasteiger partial charge in [-0.3, -0.25) is 14.4 Å². The zero-order valence-electron chi connectivity index (χ0n) is 10.1. The summed E-state index contributed by atoms with van der Waals surface area (Å²) in [6, 6.07) is -0.884. The highest BCUT2D eigenvalue weighted by molar-refractivity contribution is 5.87. The molecule has 0 aliphatic carbocycles. The van der Waals surface area contributed by atoms with Crippen LogP contribution < -0.4 is 11.1 Å². The highest BCUT2D eigenvalue weighted by Gasteiger charge is 2.20. The zero-order valence-corrected chi connectivity index (χ0v) is 10.1. The van der Waals surface area contributed by atoms with Crippen molar-refractivity contribution >= 4 is 17.8 Å². The summed E-state index contributed by atoms with van der Waals surface area (Å²) in [5.41, 5.74) is 5.53. The molecular formula is C10H19N3O4. The SMILES string of the molecule is CCNC(=O)CN(C)C(=O)C(N)CCC(=O)O. The van der Waals surface area contributed by atoms with Crippen molar-refractivity contribution in [3.63, 3.8) is 0 Å². The average molecular weight is 245 g/mol. The Balaban J connectivity index is 4.10. The normalized spacial score (nSPS) is 11.7. The van der Waals surface area contributed by atoms with Crippen LogP contribution in [0.15, 0.2) is 0 Å². The Labute approximate surface area is 100.0 Å². The van der Waals surface area contributed by atoms with E-state index in [1.165, 1.54) is 11.9 Å². The smallest absolute Gasteiger partial charge is 0.303 e. The molecule has 2 amide bonds. The number of carbonyl (C=O) groups excluding carboxylic acids is 2. The lowest BCUT2D eigenvalue weighted by Gasteiger charge is -2.20. The van der Waals surface area contributed by atoms with Crippen molar-refractivity contribution in [2.45, 2.75) is 25.8 Å². The van der Waals surface area contributed by atoms with Crippen molar-refractivity contribution in [3.8, 4) is 0 Å². The first kappa shape index (κ1) is 15.4. The topological polar surface area (TPSA) is 113 Å². The summed E-state index contributed by atoms with van der Waals surface area (Å²) >= 11 is 0. The van der Waals surface area contributed by atoms with Crippen LogP contribution in [-0.2, 0) is 14.4 Å². The maximum atomic E-state index is 11.6. The van der Waals surface area contributed by atoms with E-state index in [1.54, 1.807) is 6.92 Å². The number of hydrogen-bond acceptors (Lipinski definition) is 4. The molecule has 1 atom stereocenters. The minimum atomic E-state index is -1.00. The molecule has 0 fully saturated rings. The number of hydrogen-bond donors (Lipinski definition) is 3. The summed E-state index contributed by atoms with van der Waals surface area (Å²) in [5, 5.41) is 11.0. The van der Waals surface area contributed by atoms with Crippen molar-refractivity contribution in [2.24, 2.45) is 5.73 Å². The van der Waals surface area contributed by atoms with Gasteiger partial charge in [0.1, 0.15) is 0 Å². The van der Waals surface area contributed by atoms with Gasteiger partial charge in [-0.05, 0) is 13.3 Å². The van der Waals surface area contributed by atoms with Crippen LogP contribution in [-0.4, -0.2) is 54.0 Å². The highest BCUT2D eigenvalue weighted by Crippen LogP contribution is 1.99. The molecule has 0 heterocycles. The summed E-state index contributed by atoms with van der Waals surface area (Å²) in [6.07, 6.45) is -0.101. The Bertz CT molecular complexity index is 293. The lowest BCUT2D eigenvalue weighted by Crippen LogP contribution is -2.46. The standard InChI is InChI=1S/C10H19N3O4/c1-3-12-8(14)6-13(2)10(17)7(11)4-5-9(15)16/h7H,3-6,11H2,1-2H3,(H,12,14)(H,15,16). The van der Waals surface area contributed by atoms with Gasteiger partial charge < -0.3 is 21.1 Å². The Hall–Kier alpha value is -1.63. The van der Waals surface area contributed by atoms with E-state index >= 15 is 0 Å². The van der Waals surface area contributed by atoms with Gasteiger partial charge in [-0.1, -0.05) is 0 Å². The third-order valence-electron chi connectivity index (χ3n) is 2.12. The number of carboxylic acid groups (broad SMARTS) is 1. The minimum absolute atomic E-state index is 0.0634. The van der Waals surface area contributed by atoms with Gasteiger partial charge in [0.25, 0.3) is 0 Å². The number of aliphatic carboxylic acids is 1. The summed E-state index contributed by atoms with van der Waals surface area (Å²) in [6.45, 7) is 2.19. The molecule has 0 aromatic carbocycles. The Morgan fingerprint density at radius 2 is 2.00 bits per heavy atom. The van der Waals surface area contributed by atoms with Crippen LogP contribution in [0.25, 0.3) is 0 Å². The zero-order chi connectivity index (χ0) is 13.4. The molecule has 0 bridgehead atoms. The predicted octanol–water partition coefficient (Wildman–Crippen LogP) is -1.23. The number of carbonyl (C=O) groups is 3. The van der Waals surface area contributed by atoms with Gasteiger partial charge in [0.2, 0.25) is 11.8 Å². The molecule has 7 heteroatoms. The Morgan fingerprint density at radius 3 is 2.47 bits per heavy atom. The minimum Gasteiger partial charge on any atom is -0.481 e. The fourth-order valence-electron chi connectivity index (χ4n) is 1.23. The number of carboxylic acids is 1. The van der Waals surface area contributed by atoms with Gasteiger partial charge >= 0.3 is 5.97 Å². The fraction of sp³-hybridized carbons (Fsp3) is 0.700. The molecule has 0 saturated carbocycles. The fourth-order valence-corrected chi connectivity index (χ4v) is 1.23. The van der Waals surface area contributed by atoms with E-state index in [-0.39, 0.29) is 25.3 Å². The predicted molar refractivity (Wildman–Crippen MR) is 61.2 cm³/mol. The molecule has 0 spiro atoms. The van der Waals surface area contributed by atoms with Gasteiger partial charge in [0.15, 0.2) is 0 Å². The van der Waals surface area contributed by atoms with Crippen molar-refractivity contribution in [2.75, 3.05) is 20.1 Å². The average Bonchev–Trinajstić information content (AvgIpc) is 2.24. The third-order valence-corrected chi connectivity index (χ3v) is 2.12. The molecule has 0 aliphatic heterocycles. The lowest BCUT2D eigenvalue weighted by molar-refractivity contribution is -0.138. The molecule has 4 N–H and O–H groups in total. The summed E-state index contributed by atoms with van der Waals surface area (Å²) < 4.78 is 0. The van der Waals surface area contributed by atoms with Gasteiger partial charge in [0.05, 0.1) is 12.6 Å². The molecule has 0 aromatic rings. The number of amides is 2.